The minimum absolute atomic E-state index is 0.0196. The van der Waals surface area contributed by atoms with Gasteiger partial charge in [-0.3, -0.25) is 0 Å². The van der Waals surface area contributed by atoms with E-state index in [0.29, 0.717) is 11.3 Å². The molecule has 0 bridgehead atoms. The lowest BCUT2D eigenvalue weighted by Crippen LogP contribution is -2.09. The van der Waals surface area contributed by atoms with Crippen LogP contribution in [0.1, 0.15) is 10.4 Å². The molecule has 0 fully saturated rings. The van der Waals surface area contributed by atoms with Crippen LogP contribution in [0.15, 0.2) is 24.3 Å². The summed E-state index contributed by atoms with van der Waals surface area (Å²) in [5, 5.41) is 7.39. The van der Waals surface area contributed by atoms with Crippen molar-refractivity contribution < 1.29 is 23.8 Å². The van der Waals surface area contributed by atoms with Crippen LogP contribution in [0.25, 0.3) is 5.69 Å². The lowest BCUT2D eigenvalue weighted by atomic mass is 10.2. The number of esters is 1. The number of hydrogen-bond donors (Lipinski definition) is 1. The maximum atomic E-state index is 11.3. The van der Waals surface area contributed by atoms with Gasteiger partial charge in [0.25, 0.3) is 5.88 Å². The maximum absolute atomic E-state index is 11.3. The van der Waals surface area contributed by atoms with Crippen LogP contribution in [-0.2, 0) is 9.47 Å². The van der Waals surface area contributed by atoms with Crippen LogP contribution in [0.2, 0.25) is 0 Å². The molecule has 0 aliphatic heterocycles. The Bertz CT molecular complexity index is 665. The number of hydrogen-bond acceptors (Lipinski definition) is 8. The number of rotatable bonds is 3. The van der Waals surface area contributed by atoms with Gasteiger partial charge in [-0.2, -0.15) is 4.68 Å². The quantitative estimate of drug-likeness (QED) is 0.824. The largest absolute Gasteiger partial charge is 0.515 e. The second kappa shape index (κ2) is 5.90. The summed E-state index contributed by atoms with van der Waals surface area (Å²) < 4.78 is 14.9. The number of anilines is 1. The summed E-state index contributed by atoms with van der Waals surface area (Å²) >= 11 is 0. The van der Waals surface area contributed by atoms with Crippen LogP contribution in [0.3, 0.4) is 0 Å². The number of methoxy groups -OCH3 is 2. The summed E-state index contributed by atoms with van der Waals surface area (Å²) in [6, 6.07) is 6.28. The molecule has 0 aliphatic rings. The van der Waals surface area contributed by atoms with E-state index in [1.807, 2.05) is 0 Å². The summed E-state index contributed by atoms with van der Waals surface area (Å²) in [6.07, 6.45) is -0.949. The van der Waals surface area contributed by atoms with E-state index in [1.165, 1.54) is 11.8 Å². The third-order valence-corrected chi connectivity index (χ3v) is 2.55. The third-order valence-electron chi connectivity index (χ3n) is 2.55. The summed E-state index contributed by atoms with van der Waals surface area (Å²) in [6.45, 7) is 0. The molecular weight excluding hydrogens is 280 g/mol. The van der Waals surface area contributed by atoms with Crippen molar-refractivity contribution in [3.8, 4) is 11.6 Å². The fraction of sp³-hybridized carbons (Fsp3) is 0.167. The van der Waals surface area contributed by atoms with Crippen molar-refractivity contribution in [2.45, 2.75) is 0 Å². The van der Waals surface area contributed by atoms with Gasteiger partial charge < -0.3 is 19.9 Å². The molecule has 0 unspecified atom stereocenters. The van der Waals surface area contributed by atoms with Crippen molar-refractivity contribution in [3.63, 3.8) is 0 Å². The van der Waals surface area contributed by atoms with E-state index < -0.39 is 12.1 Å². The van der Waals surface area contributed by atoms with Crippen molar-refractivity contribution in [1.29, 1.82) is 0 Å². The van der Waals surface area contributed by atoms with Crippen LogP contribution >= 0.6 is 0 Å². The molecule has 0 spiro atoms. The molecule has 2 N–H and O–H groups in total. The molecule has 1 aromatic carbocycles. The molecule has 2 aromatic rings. The summed E-state index contributed by atoms with van der Waals surface area (Å²) in [5.41, 5.74) is 6.69. The van der Waals surface area contributed by atoms with Gasteiger partial charge in [0.1, 0.15) is 0 Å². The van der Waals surface area contributed by atoms with Gasteiger partial charge in [0.15, 0.2) is 5.82 Å². The van der Waals surface area contributed by atoms with Crippen LogP contribution in [0.5, 0.6) is 5.88 Å². The van der Waals surface area contributed by atoms with Gasteiger partial charge >= 0.3 is 12.1 Å². The van der Waals surface area contributed by atoms with E-state index in [1.54, 1.807) is 24.3 Å². The second-order valence-electron chi connectivity index (χ2n) is 3.79. The predicted octanol–water partition coefficient (Wildman–Crippen LogP) is 0.781. The topological polar surface area (TPSA) is 119 Å². The molecule has 110 valence electrons. The number of benzene rings is 1. The predicted molar refractivity (Wildman–Crippen MR) is 70.1 cm³/mol. The average Bonchev–Trinajstić information content (AvgIpc) is 2.87. The van der Waals surface area contributed by atoms with E-state index in [2.05, 4.69) is 19.8 Å². The Kier molecular flexibility index (Phi) is 4.02. The molecule has 1 aromatic heterocycles. The molecule has 0 radical (unpaired) electrons. The molecular formula is C12H12N4O5. The molecule has 21 heavy (non-hydrogen) atoms. The van der Waals surface area contributed by atoms with Gasteiger partial charge in [-0.05, 0) is 24.3 Å². The first-order chi connectivity index (χ1) is 10.1. The number of nitrogens with zero attached hydrogens (tertiary/aromatic N) is 3. The summed E-state index contributed by atoms with van der Waals surface area (Å²) in [7, 11) is 2.45. The van der Waals surface area contributed by atoms with Gasteiger partial charge in [0.05, 0.1) is 25.5 Å². The van der Waals surface area contributed by atoms with E-state index in [0.717, 1.165) is 7.11 Å². The number of nitrogen functional groups attached to an aromatic ring is 1. The maximum Gasteiger partial charge on any atom is 0.515 e. The van der Waals surface area contributed by atoms with Crippen molar-refractivity contribution >= 4 is 17.9 Å². The van der Waals surface area contributed by atoms with Gasteiger partial charge in [-0.1, -0.05) is 10.3 Å². The normalized spacial score (nSPS) is 10.0. The number of nitrogens with two attached hydrogens (primary N) is 1. The molecule has 9 heteroatoms. The summed E-state index contributed by atoms with van der Waals surface area (Å²) in [5.74, 6) is -0.604. The van der Waals surface area contributed by atoms with Gasteiger partial charge in [-0.15, -0.1) is 0 Å². The minimum Gasteiger partial charge on any atom is -0.465 e. The van der Waals surface area contributed by atoms with Gasteiger partial charge in [-0.25, -0.2) is 9.59 Å². The first kappa shape index (κ1) is 14.3. The lowest BCUT2D eigenvalue weighted by molar-refractivity contribution is 0.0600. The Balaban J connectivity index is 2.26. The Morgan fingerprint density at radius 1 is 1.14 bits per heavy atom. The first-order valence-electron chi connectivity index (χ1n) is 5.72. The van der Waals surface area contributed by atoms with Crippen LogP contribution in [-0.4, -0.2) is 41.3 Å². The summed E-state index contributed by atoms with van der Waals surface area (Å²) in [4.78, 5) is 22.3. The van der Waals surface area contributed by atoms with E-state index in [9.17, 15) is 9.59 Å². The van der Waals surface area contributed by atoms with Gasteiger partial charge in [0.2, 0.25) is 0 Å². The molecule has 0 saturated carbocycles. The van der Waals surface area contributed by atoms with Crippen LogP contribution < -0.4 is 10.5 Å². The van der Waals surface area contributed by atoms with E-state index >= 15 is 0 Å². The second-order valence-corrected chi connectivity index (χ2v) is 3.79. The smallest absolute Gasteiger partial charge is 0.465 e. The molecule has 0 atom stereocenters. The zero-order chi connectivity index (χ0) is 15.4. The fourth-order valence-corrected chi connectivity index (χ4v) is 1.52. The highest BCUT2D eigenvalue weighted by atomic mass is 16.7. The Morgan fingerprint density at radius 2 is 1.81 bits per heavy atom. The van der Waals surface area contributed by atoms with Crippen molar-refractivity contribution in [2.24, 2.45) is 0 Å². The van der Waals surface area contributed by atoms with Crippen molar-refractivity contribution in [3.05, 3.63) is 29.8 Å². The Labute approximate surface area is 119 Å². The molecule has 2 rings (SSSR count). The standard InChI is InChI=1S/C12H12N4O5/c1-19-11(17)7-3-5-8(6-4-7)16-9(13)10(14-15-16)21-12(18)20-2/h3-6H,13H2,1-2H3. The van der Waals surface area contributed by atoms with Crippen LogP contribution in [0, 0.1) is 0 Å². The Hall–Kier alpha value is -3.10. The number of ether oxygens (including phenoxy) is 3. The lowest BCUT2D eigenvalue weighted by Gasteiger charge is -2.04. The highest BCUT2D eigenvalue weighted by molar-refractivity contribution is 5.89. The molecule has 0 aliphatic carbocycles. The molecule has 9 nitrogen and oxygen atoms in total. The number of aromatic nitrogens is 3. The zero-order valence-electron chi connectivity index (χ0n) is 11.3. The average molecular weight is 292 g/mol. The SMILES string of the molecule is COC(=O)Oc1nnn(-c2ccc(C(=O)OC)cc2)c1N. The zero-order valence-corrected chi connectivity index (χ0v) is 11.3. The molecule has 1 heterocycles. The Morgan fingerprint density at radius 3 is 2.38 bits per heavy atom. The highest BCUT2D eigenvalue weighted by Gasteiger charge is 2.16. The highest BCUT2D eigenvalue weighted by Crippen LogP contribution is 2.21. The fourth-order valence-electron chi connectivity index (χ4n) is 1.52. The van der Waals surface area contributed by atoms with Gasteiger partial charge in [0, 0.05) is 0 Å². The molecule has 0 saturated heterocycles. The monoisotopic (exact) mass is 292 g/mol. The third kappa shape index (κ3) is 2.91. The van der Waals surface area contributed by atoms with E-state index in [-0.39, 0.29) is 11.7 Å². The first-order valence-corrected chi connectivity index (χ1v) is 5.72. The minimum atomic E-state index is -0.949. The van der Waals surface area contributed by atoms with E-state index in [4.69, 9.17) is 10.5 Å². The van der Waals surface area contributed by atoms with Crippen molar-refractivity contribution in [2.75, 3.05) is 20.0 Å². The number of carbonyl (C=O) groups excluding carboxylic acids is 2. The van der Waals surface area contributed by atoms with Crippen molar-refractivity contribution in [1.82, 2.24) is 15.0 Å². The number of carbonyl (C=O) groups is 2. The molecule has 0 amide bonds. The van der Waals surface area contributed by atoms with Crippen LogP contribution in [0.4, 0.5) is 10.6 Å².